The molecule has 120 valence electrons. The van der Waals surface area contributed by atoms with Crippen LogP contribution in [0.3, 0.4) is 0 Å². The van der Waals surface area contributed by atoms with Crippen LogP contribution in [0.4, 0.5) is 11.4 Å². The predicted octanol–water partition coefficient (Wildman–Crippen LogP) is 5.69. The molecule has 2 nitrogen and oxygen atoms in total. The van der Waals surface area contributed by atoms with E-state index in [1.165, 1.54) is 56.9 Å². The monoisotopic (exact) mass is 298 g/mol. The molecule has 2 rings (SSSR count). The van der Waals surface area contributed by atoms with Gasteiger partial charge in [0.25, 0.3) is 0 Å². The Hall–Kier alpha value is -1.70. The minimum atomic E-state index is 0.821. The second-order valence-electron chi connectivity index (χ2n) is 6.35. The Balaban J connectivity index is 1.81. The first-order valence-electron chi connectivity index (χ1n) is 8.79. The van der Waals surface area contributed by atoms with Crippen molar-refractivity contribution >= 4 is 22.1 Å². The molecule has 2 aromatic carbocycles. The van der Waals surface area contributed by atoms with E-state index in [4.69, 9.17) is 11.5 Å². The Morgan fingerprint density at radius 3 is 2.14 bits per heavy atom. The van der Waals surface area contributed by atoms with Crippen molar-refractivity contribution in [2.75, 3.05) is 11.5 Å². The summed E-state index contributed by atoms with van der Waals surface area (Å²) in [7, 11) is 0. The smallest absolute Gasteiger partial charge is 0.0397 e. The van der Waals surface area contributed by atoms with Crippen LogP contribution in [-0.4, -0.2) is 0 Å². The lowest BCUT2D eigenvalue weighted by atomic mass is 9.99. The number of rotatable bonds is 9. The van der Waals surface area contributed by atoms with Crippen LogP contribution in [0.25, 0.3) is 10.8 Å². The van der Waals surface area contributed by atoms with Gasteiger partial charge in [-0.15, -0.1) is 0 Å². The van der Waals surface area contributed by atoms with Gasteiger partial charge in [0.05, 0.1) is 0 Å². The number of hydrogen-bond donors (Lipinski definition) is 2. The molecule has 0 unspecified atom stereocenters. The maximum Gasteiger partial charge on any atom is 0.0397 e. The Morgan fingerprint density at radius 1 is 0.727 bits per heavy atom. The van der Waals surface area contributed by atoms with Gasteiger partial charge in [-0.2, -0.15) is 0 Å². The highest BCUT2D eigenvalue weighted by molar-refractivity contribution is 6.00. The molecular formula is C20H30N2. The molecule has 2 heteroatoms. The first-order valence-corrected chi connectivity index (χ1v) is 8.79. The maximum absolute atomic E-state index is 6.17. The average molecular weight is 298 g/mol. The quantitative estimate of drug-likeness (QED) is 0.461. The van der Waals surface area contributed by atoms with Crippen LogP contribution in [0.2, 0.25) is 0 Å². The average Bonchev–Trinajstić information content (AvgIpc) is 2.51. The summed E-state index contributed by atoms with van der Waals surface area (Å²) in [6.45, 7) is 2.27. The normalized spacial score (nSPS) is 11.1. The number of hydrogen-bond acceptors (Lipinski definition) is 2. The summed E-state index contributed by atoms with van der Waals surface area (Å²) >= 11 is 0. The van der Waals surface area contributed by atoms with Crippen LogP contribution >= 0.6 is 0 Å². The van der Waals surface area contributed by atoms with E-state index in [1.807, 2.05) is 18.2 Å². The lowest BCUT2D eigenvalue weighted by Crippen LogP contribution is -1.95. The van der Waals surface area contributed by atoms with Crippen molar-refractivity contribution in [2.45, 2.75) is 64.7 Å². The zero-order valence-electron chi connectivity index (χ0n) is 13.9. The van der Waals surface area contributed by atoms with Gasteiger partial charge < -0.3 is 11.5 Å². The summed E-state index contributed by atoms with van der Waals surface area (Å²) < 4.78 is 0. The highest BCUT2D eigenvalue weighted by atomic mass is 14.6. The van der Waals surface area contributed by atoms with Crippen LogP contribution in [0, 0.1) is 0 Å². The van der Waals surface area contributed by atoms with Crippen LogP contribution in [0.1, 0.15) is 63.9 Å². The summed E-state index contributed by atoms with van der Waals surface area (Å²) in [4.78, 5) is 0. The molecule has 0 fully saturated rings. The second kappa shape index (κ2) is 8.67. The molecule has 0 amide bonds. The van der Waals surface area contributed by atoms with Crippen LogP contribution in [0.5, 0.6) is 0 Å². The van der Waals surface area contributed by atoms with E-state index in [2.05, 4.69) is 19.1 Å². The fourth-order valence-electron chi connectivity index (χ4n) is 3.11. The molecule has 0 aromatic heterocycles. The van der Waals surface area contributed by atoms with Crippen molar-refractivity contribution in [2.24, 2.45) is 0 Å². The third kappa shape index (κ3) is 4.66. The van der Waals surface area contributed by atoms with E-state index in [-0.39, 0.29) is 0 Å². The van der Waals surface area contributed by atoms with Crippen molar-refractivity contribution in [3.63, 3.8) is 0 Å². The van der Waals surface area contributed by atoms with Crippen molar-refractivity contribution in [1.82, 2.24) is 0 Å². The molecule has 0 atom stereocenters. The molecule has 0 bridgehead atoms. The van der Waals surface area contributed by atoms with Crippen molar-refractivity contribution in [3.05, 3.63) is 35.9 Å². The highest BCUT2D eigenvalue weighted by Gasteiger charge is 2.04. The van der Waals surface area contributed by atoms with Crippen LogP contribution in [-0.2, 0) is 6.42 Å². The van der Waals surface area contributed by atoms with E-state index in [1.54, 1.807) is 0 Å². The van der Waals surface area contributed by atoms with Gasteiger partial charge in [0.2, 0.25) is 0 Å². The Morgan fingerprint density at radius 2 is 1.41 bits per heavy atom. The lowest BCUT2D eigenvalue weighted by Gasteiger charge is -2.09. The zero-order chi connectivity index (χ0) is 15.8. The predicted molar refractivity (Wildman–Crippen MR) is 99.1 cm³/mol. The molecular weight excluding hydrogens is 268 g/mol. The number of aryl methyl sites for hydroxylation is 1. The standard InChI is InChI=1S/C20H30N2/c1-2-3-4-5-6-7-8-9-11-16-14-18-17(20(22)15-16)12-10-13-19(18)21/h10,12-15H,2-9,11,21-22H2,1H3. The van der Waals surface area contributed by atoms with Gasteiger partial charge in [-0.1, -0.05) is 64.0 Å². The van der Waals surface area contributed by atoms with Crippen molar-refractivity contribution in [1.29, 1.82) is 0 Å². The number of anilines is 2. The largest absolute Gasteiger partial charge is 0.398 e. The van der Waals surface area contributed by atoms with E-state index in [0.29, 0.717) is 0 Å². The van der Waals surface area contributed by atoms with Crippen LogP contribution < -0.4 is 11.5 Å². The summed E-state index contributed by atoms with van der Waals surface area (Å²) in [5, 5.41) is 2.16. The molecule has 0 radical (unpaired) electrons. The highest BCUT2D eigenvalue weighted by Crippen LogP contribution is 2.28. The summed E-state index contributed by atoms with van der Waals surface area (Å²) in [5.74, 6) is 0. The number of nitrogen functional groups attached to an aromatic ring is 2. The van der Waals surface area contributed by atoms with E-state index < -0.39 is 0 Å². The fraction of sp³-hybridized carbons (Fsp3) is 0.500. The number of nitrogens with two attached hydrogens (primary N) is 2. The first-order chi connectivity index (χ1) is 10.7. The topological polar surface area (TPSA) is 52.0 Å². The second-order valence-corrected chi connectivity index (χ2v) is 6.35. The van der Waals surface area contributed by atoms with Gasteiger partial charge >= 0.3 is 0 Å². The van der Waals surface area contributed by atoms with Crippen molar-refractivity contribution in [3.8, 4) is 0 Å². The third-order valence-corrected chi connectivity index (χ3v) is 4.44. The van der Waals surface area contributed by atoms with Gasteiger partial charge in [-0.05, 0) is 36.6 Å². The van der Waals surface area contributed by atoms with Gasteiger partial charge in [-0.25, -0.2) is 0 Å². The molecule has 2 aromatic rings. The summed E-state index contributed by atoms with van der Waals surface area (Å²) in [6.07, 6.45) is 11.9. The molecule has 0 saturated heterocycles. The fourth-order valence-corrected chi connectivity index (χ4v) is 3.11. The van der Waals surface area contributed by atoms with E-state index in [9.17, 15) is 0 Å². The Bertz CT molecular complexity index is 590. The minimum Gasteiger partial charge on any atom is -0.398 e. The summed E-state index contributed by atoms with van der Waals surface area (Å²) in [6, 6.07) is 10.3. The molecule has 22 heavy (non-hydrogen) atoms. The van der Waals surface area contributed by atoms with Gasteiger partial charge in [0, 0.05) is 22.1 Å². The van der Waals surface area contributed by atoms with Gasteiger partial charge in [0.1, 0.15) is 0 Å². The zero-order valence-corrected chi connectivity index (χ0v) is 13.9. The molecule has 0 heterocycles. The van der Waals surface area contributed by atoms with Gasteiger partial charge in [-0.3, -0.25) is 0 Å². The minimum absolute atomic E-state index is 0.821. The molecule has 0 aliphatic rings. The van der Waals surface area contributed by atoms with E-state index in [0.717, 1.165) is 28.6 Å². The van der Waals surface area contributed by atoms with E-state index >= 15 is 0 Å². The first kappa shape index (κ1) is 16.7. The molecule has 0 aliphatic carbocycles. The molecule has 0 saturated carbocycles. The summed E-state index contributed by atoms with van der Waals surface area (Å²) in [5.41, 5.74) is 15.2. The maximum atomic E-state index is 6.17. The number of benzene rings is 2. The van der Waals surface area contributed by atoms with Gasteiger partial charge in [0.15, 0.2) is 0 Å². The molecule has 0 aliphatic heterocycles. The molecule has 0 spiro atoms. The third-order valence-electron chi connectivity index (χ3n) is 4.44. The lowest BCUT2D eigenvalue weighted by molar-refractivity contribution is 0.575. The number of fused-ring (bicyclic) bond motifs is 1. The Labute approximate surface area is 134 Å². The van der Waals surface area contributed by atoms with Crippen molar-refractivity contribution < 1.29 is 0 Å². The van der Waals surface area contributed by atoms with Crippen LogP contribution in [0.15, 0.2) is 30.3 Å². The molecule has 4 N–H and O–H groups in total. The number of unbranched alkanes of at least 4 members (excludes halogenated alkanes) is 7. The SMILES string of the molecule is CCCCCCCCCCc1cc(N)c2cccc(N)c2c1. The Kier molecular flexibility index (Phi) is 6.57.